The summed E-state index contributed by atoms with van der Waals surface area (Å²) in [7, 11) is 3.99. The monoisotopic (exact) mass is 176 g/mol. The van der Waals surface area contributed by atoms with E-state index in [1.54, 1.807) is 5.54 Å². The van der Waals surface area contributed by atoms with E-state index in [0.717, 1.165) is 18.9 Å². The van der Waals surface area contributed by atoms with E-state index in [0.29, 0.717) is 0 Å². The highest BCUT2D eigenvalue weighted by Gasteiger charge is 2.05. The Kier molecular flexibility index (Phi) is 5.12. The molecule has 0 saturated carbocycles. The minimum Gasteiger partial charge on any atom is -0.364 e. The molecular weight excluding hydrogens is 160 g/mol. The van der Waals surface area contributed by atoms with E-state index in [1.807, 2.05) is 19.0 Å². The maximum atomic E-state index is 5.67. The second-order valence-electron chi connectivity index (χ2n) is 2.53. The molecule has 3 heteroatoms. The van der Waals surface area contributed by atoms with Gasteiger partial charge in [0.2, 0.25) is 0 Å². The summed E-state index contributed by atoms with van der Waals surface area (Å²) in [6, 6.07) is 0. The molecule has 0 amide bonds. The quantitative estimate of drug-likeness (QED) is 0.646. The van der Waals surface area contributed by atoms with E-state index in [2.05, 4.69) is 18.7 Å². The van der Waals surface area contributed by atoms with Gasteiger partial charge in [-0.25, -0.2) is 0 Å². The van der Waals surface area contributed by atoms with Gasteiger partial charge in [-0.3, -0.25) is 0 Å². The van der Waals surface area contributed by atoms with Gasteiger partial charge in [0, 0.05) is 32.7 Å². The summed E-state index contributed by atoms with van der Waals surface area (Å²) in [6.45, 7) is 6.22. The Bertz CT molecular complexity index is 128. The lowest BCUT2D eigenvalue weighted by molar-refractivity contribution is 0.279. The highest BCUT2D eigenvalue weighted by atomic mass is 35.5. The molecule has 0 heterocycles. The molecule has 11 heavy (non-hydrogen) atoms. The normalized spacial score (nSPS) is 11.5. The zero-order valence-electron chi connectivity index (χ0n) is 7.76. The second-order valence-corrected chi connectivity index (χ2v) is 2.75. The molecular formula is C8H17ClN2. The number of nitrogens with zero attached hydrogens (tertiary/aromatic N) is 2. The van der Waals surface area contributed by atoms with Crippen LogP contribution in [-0.2, 0) is 0 Å². The number of hydrogen-bond donors (Lipinski definition) is 0. The third-order valence-electron chi connectivity index (χ3n) is 1.64. The van der Waals surface area contributed by atoms with Crippen LogP contribution in [0.15, 0.2) is 11.4 Å². The van der Waals surface area contributed by atoms with Crippen LogP contribution in [0.5, 0.6) is 0 Å². The summed E-state index contributed by atoms with van der Waals surface area (Å²) in [5.74, 6) is 1.07. The molecule has 0 aromatic rings. The highest BCUT2D eigenvalue weighted by Crippen LogP contribution is 2.07. The van der Waals surface area contributed by atoms with Gasteiger partial charge in [0.05, 0.1) is 0 Å². The van der Waals surface area contributed by atoms with Crippen molar-refractivity contribution in [3.63, 3.8) is 0 Å². The smallest absolute Gasteiger partial charge is 0.115 e. The lowest BCUT2D eigenvalue weighted by Crippen LogP contribution is -2.30. The van der Waals surface area contributed by atoms with E-state index >= 15 is 0 Å². The first-order valence-corrected chi connectivity index (χ1v) is 4.33. The summed E-state index contributed by atoms with van der Waals surface area (Å²) in [5, 5.41) is 0. The van der Waals surface area contributed by atoms with Crippen molar-refractivity contribution in [1.82, 2.24) is 9.80 Å². The first-order valence-electron chi connectivity index (χ1n) is 3.90. The van der Waals surface area contributed by atoms with Crippen LogP contribution < -0.4 is 0 Å². The molecule has 0 atom stereocenters. The van der Waals surface area contributed by atoms with Gasteiger partial charge >= 0.3 is 0 Å². The van der Waals surface area contributed by atoms with Crippen molar-refractivity contribution in [1.29, 1.82) is 0 Å². The lowest BCUT2D eigenvalue weighted by atomic mass is 10.5. The van der Waals surface area contributed by atoms with Crippen molar-refractivity contribution >= 4 is 11.6 Å². The first-order chi connectivity index (χ1) is 5.17. The van der Waals surface area contributed by atoms with Crippen LogP contribution in [0.1, 0.15) is 13.8 Å². The molecule has 0 aromatic heterocycles. The van der Waals surface area contributed by atoms with Gasteiger partial charge in [0.25, 0.3) is 0 Å². The molecule has 0 aliphatic heterocycles. The molecule has 0 spiro atoms. The summed E-state index contributed by atoms with van der Waals surface area (Å²) in [5.41, 5.74) is 1.62. The standard InChI is InChI=1S/C8H17ClN2/c1-5-11(6-2)8(7-9)10(3)4/h7H,5-6H2,1-4H3/b8-7-. The SMILES string of the molecule is CCN(CC)/C(=C\Cl)N(C)C. The van der Waals surface area contributed by atoms with Gasteiger partial charge in [-0.15, -0.1) is 0 Å². The average Bonchev–Trinajstić information content (AvgIpc) is 1.99. The van der Waals surface area contributed by atoms with E-state index in [9.17, 15) is 0 Å². The fourth-order valence-electron chi connectivity index (χ4n) is 0.997. The Labute approximate surface area is 74.4 Å². The van der Waals surface area contributed by atoms with Gasteiger partial charge in [-0.2, -0.15) is 0 Å². The molecule has 0 fully saturated rings. The van der Waals surface area contributed by atoms with Gasteiger partial charge in [0.1, 0.15) is 5.82 Å². The average molecular weight is 177 g/mol. The molecule has 0 aliphatic carbocycles. The van der Waals surface area contributed by atoms with Crippen molar-refractivity contribution in [3.8, 4) is 0 Å². The number of hydrogen-bond acceptors (Lipinski definition) is 2. The summed E-state index contributed by atoms with van der Waals surface area (Å²) in [4.78, 5) is 4.22. The predicted molar refractivity (Wildman–Crippen MR) is 50.5 cm³/mol. The zero-order valence-corrected chi connectivity index (χ0v) is 8.52. The van der Waals surface area contributed by atoms with Crippen molar-refractivity contribution in [2.45, 2.75) is 13.8 Å². The van der Waals surface area contributed by atoms with Gasteiger partial charge in [-0.1, -0.05) is 11.6 Å². The van der Waals surface area contributed by atoms with E-state index in [1.165, 1.54) is 0 Å². The molecule has 0 saturated heterocycles. The van der Waals surface area contributed by atoms with Crippen molar-refractivity contribution in [2.75, 3.05) is 27.2 Å². The Morgan fingerprint density at radius 3 is 1.82 bits per heavy atom. The highest BCUT2D eigenvalue weighted by molar-refractivity contribution is 6.25. The molecule has 0 aliphatic rings. The molecule has 66 valence electrons. The zero-order chi connectivity index (χ0) is 8.85. The largest absolute Gasteiger partial charge is 0.364 e. The minimum absolute atomic E-state index is 0.993. The van der Waals surface area contributed by atoms with Crippen LogP contribution in [0.3, 0.4) is 0 Å². The van der Waals surface area contributed by atoms with Crippen LogP contribution in [0.25, 0.3) is 0 Å². The Hall–Kier alpha value is -0.370. The maximum absolute atomic E-state index is 5.67. The van der Waals surface area contributed by atoms with E-state index < -0.39 is 0 Å². The van der Waals surface area contributed by atoms with Gasteiger partial charge in [0.15, 0.2) is 0 Å². The van der Waals surface area contributed by atoms with Gasteiger partial charge in [-0.05, 0) is 13.8 Å². The van der Waals surface area contributed by atoms with Crippen LogP contribution in [0.2, 0.25) is 0 Å². The Morgan fingerprint density at radius 2 is 1.73 bits per heavy atom. The number of rotatable bonds is 4. The minimum atomic E-state index is 0.993. The Morgan fingerprint density at radius 1 is 1.27 bits per heavy atom. The first kappa shape index (κ1) is 10.6. The van der Waals surface area contributed by atoms with E-state index in [-0.39, 0.29) is 0 Å². The van der Waals surface area contributed by atoms with Crippen LogP contribution in [0.4, 0.5) is 0 Å². The summed E-state index contributed by atoms with van der Waals surface area (Å²) in [6.07, 6.45) is 0. The molecule has 0 radical (unpaired) electrons. The van der Waals surface area contributed by atoms with E-state index in [4.69, 9.17) is 11.6 Å². The summed E-state index contributed by atoms with van der Waals surface area (Å²) >= 11 is 5.67. The Balaban J connectivity index is 4.23. The van der Waals surface area contributed by atoms with Crippen LogP contribution in [0, 0.1) is 0 Å². The third-order valence-corrected chi connectivity index (χ3v) is 1.84. The van der Waals surface area contributed by atoms with Crippen LogP contribution in [-0.4, -0.2) is 37.0 Å². The second kappa shape index (κ2) is 5.30. The van der Waals surface area contributed by atoms with Crippen LogP contribution >= 0.6 is 11.6 Å². The molecule has 0 rings (SSSR count). The molecule has 0 N–H and O–H groups in total. The fourth-order valence-corrected chi connectivity index (χ4v) is 1.33. The van der Waals surface area contributed by atoms with Gasteiger partial charge < -0.3 is 9.80 Å². The van der Waals surface area contributed by atoms with Crippen molar-refractivity contribution in [2.24, 2.45) is 0 Å². The topological polar surface area (TPSA) is 6.48 Å². The summed E-state index contributed by atoms with van der Waals surface area (Å²) < 4.78 is 0. The molecule has 0 unspecified atom stereocenters. The third kappa shape index (κ3) is 3.02. The maximum Gasteiger partial charge on any atom is 0.115 e. The molecule has 2 nitrogen and oxygen atoms in total. The fraction of sp³-hybridized carbons (Fsp3) is 0.750. The lowest BCUT2D eigenvalue weighted by Gasteiger charge is -2.28. The molecule has 0 bridgehead atoms. The van der Waals surface area contributed by atoms with Crippen molar-refractivity contribution in [3.05, 3.63) is 11.4 Å². The molecule has 0 aromatic carbocycles. The van der Waals surface area contributed by atoms with Crippen molar-refractivity contribution < 1.29 is 0 Å². The number of halogens is 1. The predicted octanol–water partition coefficient (Wildman–Crippen LogP) is 1.93.